The van der Waals surface area contributed by atoms with E-state index in [4.69, 9.17) is 4.74 Å². The third kappa shape index (κ3) is 5.82. The summed E-state index contributed by atoms with van der Waals surface area (Å²) in [5, 5.41) is 4.35. The number of aryl methyl sites for hydroxylation is 1. The van der Waals surface area contributed by atoms with Gasteiger partial charge < -0.3 is 9.64 Å². The van der Waals surface area contributed by atoms with Crippen molar-refractivity contribution in [1.82, 2.24) is 19.6 Å². The van der Waals surface area contributed by atoms with Gasteiger partial charge >= 0.3 is 0 Å². The predicted octanol–water partition coefficient (Wildman–Crippen LogP) is 4.02. The molecule has 6 nitrogen and oxygen atoms in total. The van der Waals surface area contributed by atoms with Crippen LogP contribution < -0.4 is 4.74 Å². The zero-order valence-electron chi connectivity index (χ0n) is 19.9. The number of methoxy groups -OCH3 is 1. The average Bonchev–Trinajstić information content (AvgIpc) is 3.29. The summed E-state index contributed by atoms with van der Waals surface area (Å²) in [4.78, 5) is 17.7. The fourth-order valence-electron chi connectivity index (χ4n) is 4.82. The molecule has 0 radical (unpaired) electrons. The van der Waals surface area contributed by atoms with E-state index in [-0.39, 0.29) is 11.9 Å². The van der Waals surface area contributed by atoms with Gasteiger partial charge in [0.1, 0.15) is 11.4 Å². The van der Waals surface area contributed by atoms with Crippen molar-refractivity contribution in [2.24, 2.45) is 13.0 Å². The van der Waals surface area contributed by atoms with E-state index in [1.165, 1.54) is 11.1 Å². The molecule has 2 aromatic carbocycles. The molecule has 0 N–H and O–H groups in total. The van der Waals surface area contributed by atoms with Crippen LogP contribution >= 0.6 is 0 Å². The van der Waals surface area contributed by atoms with Crippen molar-refractivity contribution in [3.8, 4) is 5.75 Å². The molecule has 2 heterocycles. The minimum atomic E-state index is -0.00260. The topological polar surface area (TPSA) is 50.6 Å². The fourth-order valence-corrected chi connectivity index (χ4v) is 4.82. The van der Waals surface area contributed by atoms with Crippen LogP contribution in [0.25, 0.3) is 0 Å². The minimum Gasteiger partial charge on any atom is -0.497 e. The Morgan fingerprint density at radius 1 is 1.06 bits per heavy atom. The molecule has 1 amide bonds. The van der Waals surface area contributed by atoms with Crippen molar-refractivity contribution in [2.45, 2.75) is 31.8 Å². The standard InChI is InChI=1S/C27H34N4O2/c1-29-16-15-25(28-29)27(32)30(2)26(19-21-7-5-4-6-8-21)23-13-17-31(18-14-23)20-22-9-11-24(33-3)12-10-22/h4-12,15-16,23,26H,13-14,17-20H2,1-3H3/t26-/m0/s1. The van der Waals surface area contributed by atoms with E-state index in [0.717, 1.165) is 44.6 Å². The molecule has 4 rings (SSSR count). The number of nitrogens with zero attached hydrogens (tertiary/aromatic N) is 4. The second-order valence-electron chi connectivity index (χ2n) is 9.01. The number of piperidine rings is 1. The number of aromatic nitrogens is 2. The van der Waals surface area contributed by atoms with Gasteiger partial charge in [-0.2, -0.15) is 5.10 Å². The zero-order chi connectivity index (χ0) is 23.2. The first-order chi connectivity index (χ1) is 16.0. The summed E-state index contributed by atoms with van der Waals surface area (Å²) in [5.74, 6) is 1.34. The first kappa shape index (κ1) is 23.1. The van der Waals surface area contributed by atoms with E-state index < -0.39 is 0 Å². The number of hydrogen-bond donors (Lipinski definition) is 0. The van der Waals surface area contributed by atoms with E-state index in [0.29, 0.717) is 11.6 Å². The molecule has 174 valence electrons. The van der Waals surface area contributed by atoms with Crippen molar-refractivity contribution in [3.05, 3.63) is 83.7 Å². The summed E-state index contributed by atoms with van der Waals surface area (Å²) in [7, 11) is 5.48. The SMILES string of the molecule is COc1ccc(CN2CCC([C@H](Cc3ccccc3)N(C)C(=O)c3ccn(C)n3)CC2)cc1. The Hall–Kier alpha value is -3.12. The highest BCUT2D eigenvalue weighted by Gasteiger charge is 2.32. The first-order valence-corrected chi connectivity index (χ1v) is 11.7. The van der Waals surface area contributed by atoms with Crippen LogP contribution in [0.15, 0.2) is 66.9 Å². The third-order valence-corrected chi connectivity index (χ3v) is 6.78. The molecule has 1 atom stereocenters. The summed E-state index contributed by atoms with van der Waals surface area (Å²) >= 11 is 0. The molecular formula is C27H34N4O2. The molecule has 1 aliphatic rings. The van der Waals surface area contributed by atoms with Crippen molar-refractivity contribution in [1.29, 1.82) is 0 Å². The van der Waals surface area contributed by atoms with Crippen LogP contribution in [0, 0.1) is 5.92 Å². The summed E-state index contributed by atoms with van der Waals surface area (Å²) in [6.45, 7) is 3.02. The lowest BCUT2D eigenvalue weighted by Gasteiger charge is -2.40. The first-order valence-electron chi connectivity index (χ1n) is 11.7. The van der Waals surface area contributed by atoms with E-state index in [2.05, 4.69) is 46.4 Å². The van der Waals surface area contributed by atoms with Gasteiger partial charge in [-0.1, -0.05) is 42.5 Å². The van der Waals surface area contributed by atoms with Gasteiger partial charge in [0.25, 0.3) is 5.91 Å². The zero-order valence-corrected chi connectivity index (χ0v) is 19.9. The quantitative estimate of drug-likeness (QED) is 0.524. The maximum atomic E-state index is 13.2. The number of rotatable bonds is 8. The summed E-state index contributed by atoms with van der Waals surface area (Å²) in [6.07, 6.45) is 4.84. The lowest BCUT2D eigenvalue weighted by atomic mass is 9.84. The molecule has 0 aliphatic carbocycles. The lowest BCUT2D eigenvalue weighted by Crippen LogP contribution is -2.47. The maximum Gasteiger partial charge on any atom is 0.274 e. The Morgan fingerprint density at radius 2 is 1.76 bits per heavy atom. The summed E-state index contributed by atoms with van der Waals surface area (Å²) < 4.78 is 6.96. The van der Waals surface area contributed by atoms with Crippen LogP contribution in [0.5, 0.6) is 5.75 Å². The largest absolute Gasteiger partial charge is 0.497 e. The normalized spacial score (nSPS) is 15.8. The van der Waals surface area contributed by atoms with Gasteiger partial charge in [-0.3, -0.25) is 14.4 Å². The number of ether oxygens (including phenoxy) is 1. The van der Waals surface area contributed by atoms with Gasteiger partial charge in [0.15, 0.2) is 0 Å². The predicted molar refractivity (Wildman–Crippen MR) is 130 cm³/mol. The Bertz CT molecular complexity index is 1020. The molecule has 6 heteroatoms. The highest BCUT2D eigenvalue weighted by atomic mass is 16.5. The average molecular weight is 447 g/mol. The Morgan fingerprint density at radius 3 is 2.36 bits per heavy atom. The van der Waals surface area contributed by atoms with Crippen LogP contribution in [0.2, 0.25) is 0 Å². The van der Waals surface area contributed by atoms with Gasteiger partial charge in [0.05, 0.1) is 7.11 Å². The van der Waals surface area contributed by atoms with Crippen molar-refractivity contribution in [2.75, 3.05) is 27.2 Å². The molecule has 0 saturated carbocycles. The van der Waals surface area contributed by atoms with E-state index in [9.17, 15) is 4.79 Å². The number of likely N-dealkylation sites (tertiary alicyclic amines) is 1. The van der Waals surface area contributed by atoms with Crippen LogP contribution in [0.1, 0.15) is 34.5 Å². The minimum absolute atomic E-state index is 0.00260. The van der Waals surface area contributed by atoms with Crippen LogP contribution in [0.4, 0.5) is 0 Å². The fraction of sp³-hybridized carbons (Fsp3) is 0.407. The molecule has 1 saturated heterocycles. The molecule has 3 aromatic rings. The van der Waals surface area contributed by atoms with Crippen LogP contribution in [0.3, 0.4) is 0 Å². The summed E-state index contributed by atoms with van der Waals surface area (Å²) in [6, 6.07) is 20.8. The molecule has 0 unspecified atom stereocenters. The lowest BCUT2D eigenvalue weighted by molar-refractivity contribution is 0.0579. The molecule has 1 aromatic heterocycles. The van der Waals surface area contributed by atoms with E-state index in [1.807, 2.05) is 43.4 Å². The smallest absolute Gasteiger partial charge is 0.274 e. The number of hydrogen-bond acceptors (Lipinski definition) is 4. The molecule has 0 bridgehead atoms. The van der Waals surface area contributed by atoms with Crippen LogP contribution in [-0.4, -0.2) is 58.8 Å². The van der Waals surface area contributed by atoms with E-state index >= 15 is 0 Å². The number of carbonyl (C=O) groups is 1. The Balaban J connectivity index is 1.43. The monoisotopic (exact) mass is 446 g/mol. The van der Waals surface area contributed by atoms with Gasteiger partial charge in [-0.15, -0.1) is 0 Å². The molecule has 1 aliphatic heterocycles. The van der Waals surface area contributed by atoms with Gasteiger partial charge in [-0.05, 0) is 67.6 Å². The Labute approximate surface area is 196 Å². The Kier molecular flexibility index (Phi) is 7.45. The highest BCUT2D eigenvalue weighted by Crippen LogP contribution is 2.28. The van der Waals surface area contributed by atoms with Crippen molar-refractivity contribution in [3.63, 3.8) is 0 Å². The maximum absolute atomic E-state index is 13.2. The number of benzene rings is 2. The van der Waals surface area contributed by atoms with Gasteiger partial charge in [-0.25, -0.2) is 0 Å². The second-order valence-corrected chi connectivity index (χ2v) is 9.01. The highest BCUT2D eigenvalue weighted by molar-refractivity contribution is 5.92. The van der Waals surface area contributed by atoms with Crippen LogP contribution in [-0.2, 0) is 20.0 Å². The molecular weight excluding hydrogens is 412 g/mol. The molecule has 1 fully saturated rings. The number of carbonyl (C=O) groups excluding carboxylic acids is 1. The number of likely N-dealkylation sites (N-methyl/N-ethyl adjacent to an activating group) is 1. The third-order valence-electron chi connectivity index (χ3n) is 6.78. The van der Waals surface area contributed by atoms with E-state index in [1.54, 1.807) is 17.9 Å². The number of amides is 1. The van der Waals surface area contributed by atoms with Gasteiger partial charge in [0.2, 0.25) is 0 Å². The molecule has 0 spiro atoms. The molecule has 33 heavy (non-hydrogen) atoms. The second kappa shape index (κ2) is 10.7. The van der Waals surface area contributed by atoms with Crippen molar-refractivity contribution < 1.29 is 9.53 Å². The summed E-state index contributed by atoms with van der Waals surface area (Å²) in [5.41, 5.74) is 3.08. The van der Waals surface area contributed by atoms with Gasteiger partial charge in [0, 0.05) is 32.9 Å². The van der Waals surface area contributed by atoms with Crippen molar-refractivity contribution >= 4 is 5.91 Å².